The Labute approximate surface area is 158 Å². The summed E-state index contributed by atoms with van der Waals surface area (Å²) in [7, 11) is 0. The van der Waals surface area contributed by atoms with Crippen LogP contribution in [0.25, 0.3) is 5.52 Å². The first-order valence-electron chi connectivity index (χ1n) is 8.88. The molecule has 0 saturated heterocycles. The Bertz CT molecular complexity index is 1160. The van der Waals surface area contributed by atoms with Crippen molar-refractivity contribution >= 4 is 11.5 Å². The Balaban J connectivity index is 1.64. The zero-order valence-electron chi connectivity index (χ0n) is 15.2. The third-order valence-corrected chi connectivity index (χ3v) is 4.94. The zero-order chi connectivity index (χ0) is 19.5. The molecule has 5 heterocycles. The van der Waals surface area contributed by atoms with Crippen LogP contribution >= 0.6 is 0 Å². The Hall–Kier alpha value is -3.30. The van der Waals surface area contributed by atoms with Gasteiger partial charge in [0.2, 0.25) is 0 Å². The van der Waals surface area contributed by atoms with Crippen molar-refractivity contribution in [3.63, 3.8) is 0 Å². The molecule has 10 heteroatoms. The summed E-state index contributed by atoms with van der Waals surface area (Å²) in [6, 6.07) is 7.46. The number of nitrogens with one attached hydrogen (secondary N) is 1. The normalized spacial score (nSPS) is 17.3. The van der Waals surface area contributed by atoms with Crippen LogP contribution in [0.2, 0.25) is 0 Å². The average molecular weight is 385 g/mol. The van der Waals surface area contributed by atoms with Crippen molar-refractivity contribution in [2.24, 2.45) is 0 Å². The van der Waals surface area contributed by atoms with Crippen molar-refractivity contribution in [2.45, 2.75) is 32.2 Å². The molecule has 0 aromatic carbocycles. The van der Waals surface area contributed by atoms with Gasteiger partial charge in [0.25, 0.3) is 5.89 Å². The molecule has 5 rings (SSSR count). The van der Waals surface area contributed by atoms with Crippen LogP contribution in [0.1, 0.15) is 41.6 Å². The molecule has 4 aromatic heterocycles. The summed E-state index contributed by atoms with van der Waals surface area (Å²) in [6.07, 6.45) is 2.28. The fourth-order valence-electron chi connectivity index (χ4n) is 3.60. The zero-order valence-corrected chi connectivity index (χ0v) is 15.2. The van der Waals surface area contributed by atoms with E-state index in [4.69, 9.17) is 9.52 Å². The van der Waals surface area contributed by atoms with Crippen LogP contribution in [-0.2, 0) is 12.3 Å². The monoisotopic (exact) mass is 385 g/mol. The maximum Gasteiger partial charge on any atom is 0.321 e. The van der Waals surface area contributed by atoms with E-state index in [9.17, 15) is 8.78 Å². The first-order valence-corrected chi connectivity index (χ1v) is 8.88. The van der Waals surface area contributed by atoms with Crippen molar-refractivity contribution in [3.8, 4) is 0 Å². The minimum atomic E-state index is -3.20. The van der Waals surface area contributed by atoms with Gasteiger partial charge >= 0.3 is 11.9 Å². The molecule has 0 bridgehead atoms. The second kappa shape index (κ2) is 5.85. The molecule has 8 nitrogen and oxygen atoms in total. The van der Waals surface area contributed by atoms with Crippen LogP contribution < -0.4 is 4.90 Å². The molecule has 4 aromatic rings. The number of H-pyrrole nitrogens is 1. The smallest absolute Gasteiger partial charge is 0.321 e. The summed E-state index contributed by atoms with van der Waals surface area (Å²) >= 11 is 0. The highest BCUT2D eigenvalue weighted by Crippen LogP contribution is 2.37. The number of hydrogen-bond acceptors (Lipinski definition) is 6. The van der Waals surface area contributed by atoms with Crippen molar-refractivity contribution in [1.29, 1.82) is 0 Å². The number of aromatic nitrogens is 6. The molecule has 1 unspecified atom stereocenters. The molecule has 0 saturated carbocycles. The topological polar surface area (TPSA) is 88.1 Å². The molecule has 28 heavy (non-hydrogen) atoms. The van der Waals surface area contributed by atoms with Crippen LogP contribution in [-0.4, -0.2) is 36.3 Å². The Kier molecular flexibility index (Phi) is 3.52. The highest BCUT2D eigenvalue weighted by Gasteiger charge is 2.38. The molecule has 1 aliphatic heterocycles. The summed E-state index contributed by atoms with van der Waals surface area (Å²) in [5.41, 5.74) is 4.40. The number of aromatic amines is 1. The highest BCUT2D eigenvalue weighted by atomic mass is 19.3. The third-order valence-electron chi connectivity index (χ3n) is 4.94. The number of imidazole rings is 1. The van der Waals surface area contributed by atoms with Gasteiger partial charge in [-0.3, -0.25) is 0 Å². The number of hydrogen-bond donors (Lipinski definition) is 1. The van der Waals surface area contributed by atoms with Gasteiger partial charge in [-0.15, -0.1) is 5.10 Å². The van der Waals surface area contributed by atoms with E-state index in [0.717, 1.165) is 35.2 Å². The predicted molar refractivity (Wildman–Crippen MR) is 95.3 cm³/mol. The number of fused-ring (bicyclic) bond motifs is 2. The number of nitrogens with zero attached hydrogens (tertiary/aromatic N) is 6. The number of rotatable bonds is 3. The molecule has 1 aliphatic rings. The van der Waals surface area contributed by atoms with Gasteiger partial charge in [0, 0.05) is 31.3 Å². The molecular weight excluding hydrogens is 368 g/mol. The van der Waals surface area contributed by atoms with Gasteiger partial charge in [0.15, 0.2) is 0 Å². The molecule has 1 N–H and O–H groups in total. The number of halogens is 2. The molecule has 0 radical (unpaired) electrons. The summed E-state index contributed by atoms with van der Waals surface area (Å²) in [5, 5.41) is 12.1. The van der Waals surface area contributed by atoms with Crippen molar-refractivity contribution in [1.82, 2.24) is 29.8 Å². The Morgan fingerprint density at radius 3 is 2.89 bits per heavy atom. The summed E-state index contributed by atoms with van der Waals surface area (Å²) in [6.45, 7) is 3.20. The van der Waals surface area contributed by atoms with E-state index in [0.29, 0.717) is 13.0 Å². The van der Waals surface area contributed by atoms with Crippen molar-refractivity contribution < 1.29 is 13.2 Å². The van der Waals surface area contributed by atoms with Crippen LogP contribution in [0.15, 0.2) is 35.0 Å². The molecule has 0 amide bonds. The molecule has 144 valence electrons. The van der Waals surface area contributed by atoms with Crippen molar-refractivity contribution in [2.75, 3.05) is 11.4 Å². The second-order valence-corrected chi connectivity index (χ2v) is 6.96. The van der Waals surface area contributed by atoms with Gasteiger partial charge in [-0.2, -0.15) is 13.9 Å². The van der Waals surface area contributed by atoms with Gasteiger partial charge in [-0.05, 0) is 25.1 Å². The lowest BCUT2D eigenvalue weighted by Crippen LogP contribution is -2.37. The maximum atomic E-state index is 13.6. The van der Waals surface area contributed by atoms with Gasteiger partial charge in [-0.25, -0.2) is 9.50 Å². The number of pyridine rings is 1. The molecule has 0 fully saturated rings. The lowest BCUT2D eigenvalue weighted by Gasteiger charge is -2.32. The number of anilines is 1. The first kappa shape index (κ1) is 16.8. The van der Waals surface area contributed by atoms with E-state index in [1.807, 2.05) is 35.7 Å². The molecule has 0 aliphatic carbocycles. The minimum Gasteiger partial charge on any atom is -0.401 e. The van der Waals surface area contributed by atoms with Gasteiger partial charge in [-0.1, -0.05) is 11.2 Å². The van der Waals surface area contributed by atoms with Crippen LogP contribution in [0, 0.1) is 6.92 Å². The first-order chi connectivity index (χ1) is 13.4. The predicted octanol–water partition coefficient (Wildman–Crippen LogP) is 3.01. The van der Waals surface area contributed by atoms with Crippen LogP contribution in [0.4, 0.5) is 14.8 Å². The summed E-state index contributed by atoms with van der Waals surface area (Å²) in [5.74, 6) is -3.91. The van der Waals surface area contributed by atoms with Gasteiger partial charge in [0.05, 0.1) is 23.2 Å². The van der Waals surface area contributed by atoms with E-state index in [-0.39, 0.29) is 6.01 Å². The lowest BCUT2D eigenvalue weighted by atomic mass is 10.0. The standard InChI is InChI=1S/C18H17F2N7O/c1-10-4-3-5-11-8-13(25-27(10)11)15-14-12(21-9-22-14)6-7-26(15)17-24-23-16(28-17)18(2,19)20/h3-5,8-9,15H,6-7H2,1-2H3,(H,21,22). The molecule has 1 atom stereocenters. The third kappa shape index (κ3) is 2.55. The fourth-order valence-corrected chi connectivity index (χ4v) is 3.60. The summed E-state index contributed by atoms with van der Waals surface area (Å²) in [4.78, 5) is 9.38. The van der Waals surface area contributed by atoms with Crippen LogP contribution in [0.5, 0.6) is 0 Å². The van der Waals surface area contributed by atoms with Crippen molar-refractivity contribution in [3.05, 3.63) is 59.3 Å². The Morgan fingerprint density at radius 1 is 1.29 bits per heavy atom. The second-order valence-electron chi connectivity index (χ2n) is 6.96. The largest absolute Gasteiger partial charge is 0.401 e. The summed E-state index contributed by atoms with van der Waals surface area (Å²) < 4.78 is 34.3. The average Bonchev–Trinajstić information content (AvgIpc) is 3.38. The maximum absolute atomic E-state index is 13.6. The molecule has 0 spiro atoms. The van der Waals surface area contributed by atoms with Crippen LogP contribution in [0.3, 0.4) is 0 Å². The van der Waals surface area contributed by atoms with E-state index < -0.39 is 17.9 Å². The van der Waals surface area contributed by atoms with Gasteiger partial charge < -0.3 is 14.3 Å². The minimum absolute atomic E-state index is 0.0314. The highest BCUT2D eigenvalue weighted by molar-refractivity contribution is 5.52. The number of alkyl halides is 2. The van der Waals surface area contributed by atoms with E-state index in [1.165, 1.54) is 0 Å². The quantitative estimate of drug-likeness (QED) is 0.583. The SMILES string of the molecule is Cc1cccc2cc(C3c4nc[nH]c4CCN3c3nnc(C(C)(F)F)o3)nn12. The van der Waals surface area contributed by atoms with E-state index in [2.05, 4.69) is 20.2 Å². The fraction of sp³-hybridized carbons (Fsp3) is 0.333. The number of aryl methyl sites for hydroxylation is 1. The lowest BCUT2D eigenvalue weighted by molar-refractivity contribution is -0.0107. The Morgan fingerprint density at radius 2 is 2.14 bits per heavy atom. The van der Waals surface area contributed by atoms with E-state index in [1.54, 1.807) is 11.2 Å². The van der Waals surface area contributed by atoms with E-state index >= 15 is 0 Å². The molecular formula is C18H17F2N7O. The van der Waals surface area contributed by atoms with Gasteiger partial charge in [0.1, 0.15) is 6.04 Å².